The first-order chi connectivity index (χ1) is 13.6. The zero-order valence-corrected chi connectivity index (χ0v) is 18.2. The largest absolute Gasteiger partial charge is 0.496 e. The molecule has 7 heteroatoms. The quantitative estimate of drug-likeness (QED) is 0.780. The number of amides is 1. The van der Waals surface area contributed by atoms with Crippen LogP contribution in [0.2, 0.25) is 0 Å². The van der Waals surface area contributed by atoms with Gasteiger partial charge in [-0.1, -0.05) is 39.0 Å². The monoisotopic (exact) mass is 416 g/mol. The normalized spacial score (nSPS) is 13.9. The molecule has 1 N–H and O–H groups in total. The van der Waals surface area contributed by atoms with E-state index in [1.807, 2.05) is 24.3 Å². The number of hydrogen-bond donors (Lipinski definition) is 1. The fraction of sp³-hybridized carbons (Fsp3) is 0.409. The summed E-state index contributed by atoms with van der Waals surface area (Å²) in [5.41, 5.74) is 2.00. The van der Waals surface area contributed by atoms with E-state index in [4.69, 9.17) is 4.74 Å². The fourth-order valence-electron chi connectivity index (χ4n) is 3.36. The number of anilines is 1. The van der Waals surface area contributed by atoms with Crippen LogP contribution in [0.4, 0.5) is 5.69 Å². The summed E-state index contributed by atoms with van der Waals surface area (Å²) in [6, 6.07) is 11.9. The van der Waals surface area contributed by atoms with Crippen molar-refractivity contribution in [3.8, 4) is 5.75 Å². The molecule has 1 amide bonds. The summed E-state index contributed by atoms with van der Waals surface area (Å²) < 4.78 is 33.2. The Labute approximate surface area is 172 Å². The van der Waals surface area contributed by atoms with Gasteiger partial charge in [-0.2, -0.15) is 0 Å². The predicted octanol–water partition coefficient (Wildman–Crippen LogP) is 3.61. The molecule has 0 radical (unpaired) electrons. The summed E-state index contributed by atoms with van der Waals surface area (Å²) in [5.74, 6) is 0.00371. The fourth-order valence-corrected chi connectivity index (χ4v) is 4.89. The Morgan fingerprint density at radius 2 is 1.90 bits per heavy atom. The molecule has 0 aromatic heterocycles. The molecule has 0 atom stereocenters. The number of nitrogens with zero attached hydrogens (tertiary/aromatic N) is 1. The number of para-hydroxylation sites is 1. The molecule has 2 aromatic carbocycles. The van der Waals surface area contributed by atoms with Crippen LogP contribution < -0.4 is 14.4 Å². The van der Waals surface area contributed by atoms with Crippen LogP contribution in [0, 0.1) is 5.41 Å². The van der Waals surface area contributed by atoms with E-state index in [1.165, 1.54) is 29.6 Å². The van der Waals surface area contributed by atoms with Crippen LogP contribution in [0.1, 0.15) is 43.1 Å². The van der Waals surface area contributed by atoms with E-state index in [1.54, 1.807) is 0 Å². The molecule has 0 saturated carbocycles. The van der Waals surface area contributed by atoms with Gasteiger partial charge < -0.3 is 10.1 Å². The van der Waals surface area contributed by atoms with Gasteiger partial charge in [-0.15, -0.1) is 0 Å². The van der Waals surface area contributed by atoms with Gasteiger partial charge in [-0.25, -0.2) is 8.42 Å². The minimum atomic E-state index is -3.78. The number of rotatable bonds is 6. The average Bonchev–Trinajstić information content (AvgIpc) is 3.11. The van der Waals surface area contributed by atoms with Crippen LogP contribution in [0.5, 0.6) is 5.75 Å². The Morgan fingerprint density at radius 1 is 1.17 bits per heavy atom. The SMILES string of the molecule is COc1ccc(S(=O)(=O)N2CCc3ccccc32)cc1C(=O)NCCC(C)(C)C. The standard InChI is InChI=1S/C22H28N2O4S/c1-22(2,3)12-13-23-21(25)18-15-17(9-10-20(18)28-4)29(26,27)24-14-11-16-7-5-6-8-19(16)24/h5-10,15H,11-14H2,1-4H3,(H,23,25). The highest BCUT2D eigenvalue weighted by molar-refractivity contribution is 7.92. The lowest BCUT2D eigenvalue weighted by Crippen LogP contribution is -2.30. The second kappa shape index (κ2) is 8.06. The molecule has 0 saturated heterocycles. The van der Waals surface area contributed by atoms with Crippen molar-refractivity contribution in [1.82, 2.24) is 5.32 Å². The van der Waals surface area contributed by atoms with Crippen molar-refractivity contribution in [1.29, 1.82) is 0 Å². The molecule has 6 nitrogen and oxygen atoms in total. The molecule has 29 heavy (non-hydrogen) atoms. The lowest BCUT2D eigenvalue weighted by atomic mass is 9.92. The Morgan fingerprint density at radius 3 is 2.59 bits per heavy atom. The number of methoxy groups -OCH3 is 1. The summed E-state index contributed by atoms with van der Waals surface area (Å²) >= 11 is 0. The van der Waals surface area contributed by atoms with Gasteiger partial charge in [-0.05, 0) is 48.1 Å². The highest BCUT2D eigenvalue weighted by atomic mass is 32.2. The molecule has 3 rings (SSSR count). The summed E-state index contributed by atoms with van der Waals surface area (Å²) in [6.45, 7) is 7.19. The lowest BCUT2D eigenvalue weighted by Gasteiger charge is -2.21. The van der Waals surface area contributed by atoms with Crippen molar-refractivity contribution < 1.29 is 17.9 Å². The summed E-state index contributed by atoms with van der Waals surface area (Å²) in [7, 11) is -2.31. The van der Waals surface area contributed by atoms with E-state index in [-0.39, 0.29) is 21.8 Å². The van der Waals surface area contributed by atoms with Crippen molar-refractivity contribution in [2.45, 2.75) is 38.5 Å². The second-order valence-corrected chi connectivity index (χ2v) is 10.2. The van der Waals surface area contributed by atoms with E-state index in [0.29, 0.717) is 30.9 Å². The Balaban J connectivity index is 1.89. The number of benzene rings is 2. The Kier molecular flexibility index (Phi) is 5.89. The van der Waals surface area contributed by atoms with Gasteiger partial charge in [-0.3, -0.25) is 9.10 Å². The summed E-state index contributed by atoms with van der Waals surface area (Å²) in [5, 5.41) is 2.87. The molecule has 0 unspecified atom stereocenters. The van der Waals surface area contributed by atoms with Gasteiger partial charge >= 0.3 is 0 Å². The van der Waals surface area contributed by atoms with Gasteiger partial charge in [0, 0.05) is 13.1 Å². The molecule has 2 aromatic rings. The van der Waals surface area contributed by atoms with Crippen molar-refractivity contribution >= 4 is 21.6 Å². The summed E-state index contributed by atoms with van der Waals surface area (Å²) in [4.78, 5) is 12.8. The zero-order chi connectivity index (χ0) is 21.2. The number of sulfonamides is 1. The van der Waals surface area contributed by atoms with E-state index < -0.39 is 10.0 Å². The number of ether oxygens (including phenoxy) is 1. The molecule has 156 valence electrons. The van der Waals surface area contributed by atoms with Crippen LogP contribution in [0.3, 0.4) is 0 Å². The van der Waals surface area contributed by atoms with Crippen molar-refractivity contribution in [3.05, 3.63) is 53.6 Å². The first kappa shape index (κ1) is 21.2. The minimum Gasteiger partial charge on any atom is -0.496 e. The highest BCUT2D eigenvalue weighted by Crippen LogP contribution is 2.34. The zero-order valence-electron chi connectivity index (χ0n) is 17.4. The molecular formula is C22H28N2O4S. The van der Waals surface area contributed by atoms with Gasteiger partial charge in [0.25, 0.3) is 15.9 Å². The van der Waals surface area contributed by atoms with Crippen molar-refractivity contribution in [3.63, 3.8) is 0 Å². The van der Waals surface area contributed by atoms with Gasteiger partial charge in [0.15, 0.2) is 0 Å². The van der Waals surface area contributed by atoms with Gasteiger partial charge in [0.1, 0.15) is 5.75 Å². The third kappa shape index (κ3) is 4.56. The first-order valence-electron chi connectivity index (χ1n) is 9.70. The van der Waals surface area contributed by atoms with E-state index in [0.717, 1.165) is 12.0 Å². The Bertz CT molecular complexity index is 1010. The molecule has 0 bridgehead atoms. The van der Waals surface area contributed by atoms with Crippen molar-refractivity contribution in [2.24, 2.45) is 5.41 Å². The maximum atomic E-state index is 13.3. The molecule has 0 spiro atoms. The average molecular weight is 417 g/mol. The van der Waals surface area contributed by atoms with E-state index in [2.05, 4.69) is 26.1 Å². The second-order valence-electron chi connectivity index (χ2n) is 8.38. The maximum Gasteiger partial charge on any atom is 0.264 e. The first-order valence-corrected chi connectivity index (χ1v) is 11.1. The topological polar surface area (TPSA) is 75.7 Å². The van der Waals surface area contributed by atoms with Crippen LogP contribution in [-0.4, -0.2) is 34.5 Å². The van der Waals surface area contributed by atoms with E-state index >= 15 is 0 Å². The highest BCUT2D eigenvalue weighted by Gasteiger charge is 2.31. The number of carbonyl (C=O) groups excluding carboxylic acids is 1. The van der Waals surface area contributed by atoms with Crippen LogP contribution in [-0.2, 0) is 16.4 Å². The van der Waals surface area contributed by atoms with Crippen LogP contribution in [0.25, 0.3) is 0 Å². The smallest absolute Gasteiger partial charge is 0.264 e. The predicted molar refractivity (Wildman–Crippen MR) is 114 cm³/mol. The third-order valence-electron chi connectivity index (χ3n) is 5.01. The van der Waals surface area contributed by atoms with Gasteiger partial charge in [0.2, 0.25) is 0 Å². The van der Waals surface area contributed by atoms with Crippen molar-refractivity contribution in [2.75, 3.05) is 24.5 Å². The van der Waals surface area contributed by atoms with Crippen LogP contribution >= 0.6 is 0 Å². The molecule has 0 fully saturated rings. The number of nitrogens with one attached hydrogen (secondary N) is 1. The van der Waals surface area contributed by atoms with Gasteiger partial charge in [0.05, 0.1) is 23.3 Å². The third-order valence-corrected chi connectivity index (χ3v) is 6.82. The molecule has 0 aliphatic carbocycles. The number of carbonyl (C=O) groups is 1. The van der Waals surface area contributed by atoms with E-state index in [9.17, 15) is 13.2 Å². The molecule has 1 aliphatic rings. The lowest BCUT2D eigenvalue weighted by molar-refractivity contribution is 0.0946. The summed E-state index contributed by atoms with van der Waals surface area (Å²) in [6.07, 6.45) is 1.48. The minimum absolute atomic E-state index is 0.0796. The Hall–Kier alpha value is -2.54. The molecule has 1 aliphatic heterocycles. The van der Waals surface area contributed by atoms with Crippen LogP contribution in [0.15, 0.2) is 47.4 Å². The number of fused-ring (bicyclic) bond motifs is 1. The number of hydrogen-bond acceptors (Lipinski definition) is 4. The molecular weight excluding hydrogens is 388 g/mol. The maximum absolute atomic E-state index is 13.3. The molecule has 1 heterocycles.